The van der Waals surface area contributed by atoms with E-state index in [0.29, 0.717) is 30.9 Å². The Morgan fingerprint density at radius 2 is 1.60 bits per heavy atom. The quantitative estimate of drug-likeness (QED) is 0.173. The number of aromatic amines is 1. The molecule has 0 spiro atoms. The molecule has 5 atom stereocenters. The zero-order chi connectivity index (χ0) is 38.8. The lowest BCUT2D eigenvalue weighted by Gasteiger charge is -2.32. The molecule has 0 bridgehead atoms. The van der Waals surface area contributed by atoms with Gasteiger partial charge >= 0.3 is 0 Å². The van der Waals surface area contributed by atoms with Crippen LogP contribution in [0.5, 0.6) is 0 Å². The SMILES string of the molecule is COC1=CC(=O)N(C(=O)C=C[C@H](C)NC(=O)[C@H](CC(C)C)NC(=O)[C@H](CC2CCCCC2)NC(=O)[C@H](C(C)C)N(C)C)[C@H]1Cc1c[nH]c2ccccc12. The monoisotopic (exact) mass is 732 g/mol. The lowest BCUT2D eigenvalue weighted by molar-refractivity contribution is -0.139. The first-order chi connectivity index (χ1) is 25.2. The van der Waals surface area contributed by atoms with Crippen LogP contribution in [0.1, 0.15) is 85.1 Å². The third-order valence-electron chi connectivity index (χ3n) is 10.3. The number of carbonyl (C=O) groups is 5. The van der Waals surface area contributed by atoms with Crippen LogP contribution in [0.3, 0.4) is 0 Å². The fourth-order valence-corrected chi connectivity index (χ4v) is 7.76. The highest BCUT2D eigenvalue weighted by Crippen LogP contribution is 2.29. The highest BCUT2D eigenvalue weighted by atomic mass is 16.5. The second kappa shape index (κ2) is 19.0. The van der Waals surface area contributed by atoms with Crippen molar-refractivity contribution in [1.82, 2.24) is 30.7 Å². The van der Waals surface area contributed by atoms with Gasteiger partial charge in [-0.05, 0) is 63.2 Å². The van der Waals surface area contributed by atoms with E-state index in [1.807, 2.05) is 77.2 Å². The van der Waals surface area contributed by atoms with E-state index in [-0.39, 0.29) is 23.7 Å². The van der Waals surface area contributed by atoms with Crippen molar-refractivity contribution in [2.24, 2.45) is 17.8 Å². The Kier molecular flexibility index (Phi) is 14.8. The third kappa shape index (κ3) is 11.0. The van der Waals surface area contributed by atoms with Gasteiger partial charge < -0.3 is 25.7 Å². The molecule has 2 aromatic rings. The number of likely N-dealkylation sites (N-methyl/N-ethyl adjacent to an activating group) is 1. The zero-order valence-electron chi connectivity index (χ0n) is 32.7. The molecule has 4 rings (SSSR count). The summed E-state index contributed by atoms with van der Waals surface area (Å²) < 4.78 is 5.51. The van der Waals surface area contributed by atoms with Crippen LogP contribution in [0.2, 0.25) is 0 Å². The second-order valence-electron chi connectivity index (χ2n) is 15.7. The Morgan fingerprint density at radius 1 is 0.943 bits per heavy atom. The number of hydrogen-bond acceptors (Lipinski definition) is 7. The van der Waals surface area contributed by atoms with E-state index in [0.717, 1.165) is 42.1 Å². The number of rotatable bonds is 17. The summed E-state index contributed by atoms with van der Waals surface area (Å²) in [6, 6.07) is 4.56. The number of fused-ring (bicyclic) bond motifs is 1. The highest BCUT2D eigenvalue weighted by Gasteiger charge is 2.38. The number of imide groups is 1. The molecule has 1 aliphatic carbocycles. The molecule has 1 saturated carbocycles. The van der Waals surface area contributed by atoms with Crippen molar-refractivity contribution in [1.29, 1.82) is 0 Å². The number of nitrogens with zero attached hydrogens (tertiary/aromatic N) is 2. The first kappa shape index (κ1) is 41.3. The fourth-order valence-electron chi connectivity index (χ4n) is 7.76. The molecule has 0 unspecified atom stereocenters. The van der Waals surface area contributed by atoms with E-state index in [4.69, 9.17) is 4.74 Å². The Labute approximate surface area is 314 Å². The van der Waals surface area contributed by atoms with E-state index in [2.05, 4.69) is 20.9 Å². The third-order valence-corrected chi connectivity index (χ3v) is 10.3. The highest BCUT2D eigenvalue weighted by molar-refractivity contribution is 6.08. The number of ether oxygens (including phenoxy) is 1. The molecule has 1 aliphatic heterocycles. The number of carbonyl (C=O) groups excluding carboxylic acids is 5. The molecule has 1 aromatic carbocycles. The largest absolute Gasteiger partial charge is 0.499 e. The van der Waals surface area contributed by atoms with Gasteiger partial charge in [-0.2, -0.15) is 0 Å². The molecule has 4 N–H and O–H groups in total. The first-order valence-electron chi connectivity index (χ1n) is 19.1. The lowest BCUT2D eigenvalue weighted by Crippen LogP contribution is -2.57. The van der Waals surface area contributed by atoms with Crippen molar-refractivity contribution in [3.05, 3.63) is 60.0 Å². The fraction of sp³-hybridized carbons (Fsp3) is 0.585. The van der Waals surface area contributed by atoms with Gasteiger partial charge in [0, 0.05) is 41.7 Å². The van der Waals surface area contributed by atoms with Gasteiger partial charge in [0.15, 0.2) is 0 Å². The van der Waals surface area contributed by atoms with Crippen LogP contribution in [0.15, 0.2) is 54.4 Å². The first-order valence-corrected chi connectivity index (χ1v) is 19.1. The Balaban J connectivity index is 1.44. The smallest absolute Gasteiger partial charge is 0.257 e. The number of nitrogens with one attached hydrogen (secondary N) is 4. The summed E-state index contributed by atoms with van der Waals surface area (Å²) in [6.07, 6.45) is 12.7. The molecule has 0 radical (unpaired) electrons. The van der Waals surface area contributed by atoms with Crippen molar-refractivity contribution < 1.29 is 28.7 Å². The number of H-pyrrole nitrogens is 1. The van der Waals surface area contributed by atoms with Crippen LogP contribution in [0.25, 0.3) is 10.9 Å². The predicted octanol–water partition coefficient (Wildman–Crippen LogP) is 4.61. The minimum Gasteiger partial charge on any atom is -0.499 e. The summed E-state index contributed by atoms with van der Waals surface area (Å²) in [4.78, 5) is 73.9. The molecule has 1 fully saturated rings. The normalized spacial score (nSPS) is 19.1. The van der Waals surface area contributed by atoms with E-state index in [9.17, 15) is 24.0 Å². The molecular formula is C41H60N6O6. The van der Waals surface area contributed by atoms with Gasteiger partial charge in [-0.25, -0.2) is 0 Å². The standard InChI is InChI=1S/C41H60N6O6/c1-25(2)20-32(44-40(51)33(21-28-14-10-9-11-15-28)45-41(52)38(26(3)4)46(6)7)39(50)43-27(5)18-19-36(48)47-34(35(53-8)23-37(47)49)22-29-24-42-31-17-13-12-16-30(29)31/h12-13,16-19,23-28,32-34,38,42H,9-11,14-15,20-22H2,1-8H3,(H,43,50)(H,44,51)(H,45,52)/t27-,32-,33-,34-,38-/m0/s1. The maximum atomic E-state index is 13.9. The molecule has 12 nitrogen and oxygen atoms in total. The van der Waals surface area contributed by atoms with Crippen LogP contribution < -0.4 is 16.0 Å². The number of methoxy groups -OCH3 is 1. The number of hydrogen-bond donors (Lipinski definition) is 4. The molecule has 0 saturated heterocycles. The Hall–Kier alpha value is -4.45. The average molecular weight is 733 g/mol. The van der Waals surface area contributed by atoms with Crippen LogP contribution in [0, 0.1) is 17.8 Å². The van der Waals surface area contributed by atoms with Crippen molar-refractivity contribution in [3.63, 3.8) is 0 Å². The maximum Gasteiger partial charge on any atom is 0.257 e. The average Bonchev–Trinajstić information content (AvgIpc) is 3.66. The molecule has 290 valence electrons. The van der Waals surface area contributed by atoms with Crippen LogP contribution >= 0.6 is 0 Å². The van der Waals surface area contributed by atoms with Gasteiger partial charge in [0.05, 0.1) is 13.2 Å². The number of amides is 5. The van der Waals surface area contributed by atoms with Gasteiger partial charge in [0.25, 0.3) is 11.8 Å². The lowest BCUT2D eigenvalue weighted by atomic mass is 9.84. The summed E-state index contributed by atoms with van der Waals surface area (Å²) in [6.45, 7) is 9.63. The molecule has 1 aromatic heterocycles. The van der Waals surface area contributed by atoms with E-state index < -0.39 is 47.9 Å². The van der Waals surface area contributed by atoms with E-state index in [1.165, 1.54) is 36.7 Å². The summed E-state index contributed by atoms with van der Waals surface area (Å²) in [7, 11) is 5.19. The van der Waals surface area contributed by atoms with Gasteiger partial charge in [0.1, 0.15) is 23.9 Å². The van der Waals surface area contributed by atoms with Gasteiger partial charge in [-0.1, -0.05) is 84.1 Å². The van der Waals surface area contributed by atoms with Crippen LogP contribution in [-0.4, -0.2) is 95.7 Å². The van der Waals surface area contributed by atoms with Crippen molar-refractivity contribution in [2.45, 2.75) is 116 Å². The Morgan fingerprint density at radius 3 is 2.25 bits per heavy atom. The molecule has 2 heterocycles. The topological polar surface area (TPSA) is 153 Å². The molecular weight excluding hydrogens is 672 g/mol. The molecule has 12 heteroatoms. The number of aromatic nitrogens is 1. The Bertz CT molecular complexity index is 1650. The van der Waals surface area contributed by atoms with Crippen LogP contribution in [0.4, 0.5) is 0 Å². The summed E-state index contributed by atoms with van der Waals surface area (Å²) >= 11 is 0. The van der Waals surface area contributed by atoms with Crippen molar-refractivity contribution in [3.8, 4) is 0 Å². The van der Waals surface area contributed by atoms with E-state index in [1.54, 1.807) is 6.92 Å². The summed E-state index contributed by atoms with van der Waals surface area (Å²) in [5.41, 5.74) is 1.90. The predicted molar refractivity (Wildman–Crippen MR) is 206 cm³/mol. The minimum atomic E-state index is -0.858. The molecule has 2 aliphatic rings. The molecule has 5 amide bonds. The van der Waals surface area contributed by atoms with Crippen molar-refractivity contribution in [2.75, 3.05) is 21.2 Å². The maximum absolute atomic E-state index is 13.9. The second-order valence-corrected chi connectivity index (χ2v) is 15.7. The molecule has 53 heavy (non-hydrogen) atoms. The van der Waals surface area contributed by atoms with Gasteiger partial charge in [-0.3, -0.25) is 33.8 Å². The number of para-hydroxylation sites is 1. The summed E-state index contributed by atoms with van der Waals surface area (Å²) in [5.74, 6) is -1.15. The number of benzene rings is 1. The zero-order valence-corrected chi connectivity index (χ0v) is 32.7. The van der Waals surface area contributed by atoms with Crippen molar-refractivity contribution >= 4 is 40.4 Å². The summed E-state index contributed by atoms with van der Waals surface area (Å²) in [5, 5.41) is 9.92. The minimum absolute atomic E-state index is 0.0385. The van der Waals surface area contributed by atoms with Gasteiger partial charge in [0.2, 0.25) is 17.7 Å². The van der Waals surface area contributed by atoms with E-state index >= 15 is 0 Å². The van der Waals surface area contributed by atoms with Crippen LogP contribution in [-0.2, 0) is 35.1 Å². The van der Waals surface area contributed by atoms with Gasteiger partial charge in [-0.15, -0.1) is 0 Å².